The Morgan fingerprint density at radius 2 is 1.91 bits per heavy atom. The van der Waals surface area contributed by atoms with Crippen LogP contribution in [0.4, 0.5) is 5.82 Å². The molecule has 7 nitrogen and oxygen atoms in total. The van der Waals surface area contributed by atoms with Crippen LogP contribution in [-0.4, -0.2) is 59.8 Å². The SMILES string of the molecule is C[C@@H]1CC[C@@H](NC(=O)Cc2cc3cc(-c4cccc(N5C[C@@H](C)O[C@@H](C)C5)n4)ccc3cn2)CN1. The van der Waals surface area contributed by atoms with Crippen LogP contribution in [-0.2, 0) is 16.0 Å². The van der Waals surface area contributed by atoms with Crippen molar-refractivity contribution in [2.45, 2.75) is 64.3 Å². The summed E-state index contributed by atoms with van der Waals surface area (Å²) >= 11 is 0. The molecule has 7 heteroatoms. The number of nitrogens with zero attached hydrogens (tertiary/aromatic N) is 3. The topological polar surface area (TPSA) is 79.4 Å². The van der Waals surface area contributed by atoms with E-state index in [1.165, 1.54) is 0 Å². The van der Waals surface area contributed by atoms with Crippen molar-refractivity contribution in [1.29, 1.82) is 0 Å². The number of nitrogens with one attached hydrogen (secondary N) is 2. The van der Waals surface area contributed by atoms with E-state index in [2.05, 4.69) is 71.6 Å². The van der Waals surface area contributed by atoms with Gasteiger partial charge in [0, 0.05) is 48.9 Å². The fourth-order valence-electron chi connectivity index (χ4n) is 5.13. The number of amides is 1. The quantitative estimate of drug-likeness (QED) is 0.588. The number of hydrogen-bond donors (Lipinski definition) is 2. The zero-order valence-corrected chi connectivity index (χ0v) is 20.8. The van der Waals surface area contributed by atoms with Crippen molar-refractivity contribution in [3.05, 3.63) is 54.4 Å². The van der Waals surface area contributed by atoms with Crippen LogP contribution in [0, 0.1) is 0 Å². The third kappa shape index (κ3) is 5.80. The van der Waals surface area contributed by atoms with Crippen LogP contribution >= 0.6 is 0 Å². The van der Waals surface area contributed by atoms with Crippen LogP contribution < -0.4 is 15.5 Å². The number of morpholine rings is 1. The molecule has 2 fully saturated rings. The summed E-state index contributed by atoms with van der Waals surface area (Å²) in [7, 11) is 0. The lowest BCUT2D eigenvalue weighted by Crippen LogP contribution is -2.49. The molecule has 4 atom stereocenters. The molecule has 3 aromatic rings. The molecule has 2 saturated heterocycles. The van der Waals surface area contributed by atoms with Crippen molar-refractivity contribution in [3.8, 4) is 11.3 Å². The van der Waals surface area contributed by atoms with Crippen LogP contribution in [0.2, 0.25) is 0 Å². The van der Waals surface area contributed by atoms with Gasteiger partial charge in [-0.05, 0) is 63.3 Å². The standard InChI is InChI=1S/C28H35N5O2/c1-18-7-10-24(15-29-18)31-28(34)13-25-12-23-11-21(8-9-22(23)14-30-25)26-5-4-6-27(32-26)33-16-19(2)35-20(3)17-33/h4-6,8-9,11-12,14,18-20,24,29H,7,10,13,15-17H2,1-3H3,(H,31,34)/t18-,19-,20+,24-/m1/s1. The van der Waals surface area contributed by atoms with E-state index in [1.54, 1.807) is 0 Å². The minimum absolute atomic E-state index is 0.0256. The van der Waals surface area contributed by atoms with E-state index in [-0.39, 0.29) is 30.6 Å². The number of benzene rings is 1. The highest BCUT2D eigenvalue weighted by Gasteiger charge is 2.23. The Kier molecular flexibility index (Phi) is 6.97. The van der Waals surface area contributed by atoms with Crippen molar-refractivity contribution in [2.24, 2.45) is 0 Å². The molecule has 0 unspecified atom stereocenters. The van der Waals surface area contributed by atoms with Gasteiger partial charge in [0.1, 0.15) is 5.82 Å². The number of piperidine rings is 1. The molecule has 0 bridgehead atoms. The molecule has 35 heavy (non-hydrogen) atoms. The summed E-state index contributed by atoms with van der Waals surface area (Å²) in [4.78, 5) is 24.4. The van der Waals surface area contributed by atoms with Crippen molar-refractivity contribution in [2.75, 3.05) is 24.5 Å². The largest absolute Gasteiger partial charge is 0.372 e. The molecule has 2 N–H and O–H groups in total. The van der Waals surface area contributed by atoms with Gasteiger partial charge in [0.05, 0.1) is 30.0 Å². The number of ether oxygens (including phenoxy) is 1. The van der Waals surface area contributed by atoms with Gasteiger partial charge in [-0.3, -0.25) is 9.78 Å². The molecule has 4 heterocycles. The maximum atomic E-state index is 12.6. The maximum absolute atomic E-state index is 12.6. The van der Waals surface area contributed by atoms with Gasteiger partial charge in [0.15, 0.2) is 0 Å². The lowest BCUT2D eigenvalue weighted by atomic mass is 10.0. The average Bonchev–Trinajstić information content (AvgIpc) is 2.84. The molecule has 0 saturated carbocycles. The number of aromatic nitrogens is 2. The predicted molar refractivity (Wildman–Crippen MR) is 140 cm³/mol. The van der Waals surface area contributed by atoms with Gasteiger partial charge in [0.25, 0.3) is 0 Å². The summed E-state index contributed by atoms with van der Waals surface area (Å²) in [5.74, 6) is 1.00. The number of rotatable bonds is 5. The molecule has 0 radical (unpaired) electrons. The molecule has 2 aliphatic heterocycles. The number of carbonyl (C=O) groups excluding carboxylic acids is 1. The summed E-state index contributed by atoms with van der Waals surface area (Å²) in [5, 5.41) is 8.70. The van der Waals surface area contributed by atoms with E-state index < -0.39 is 0 Å². The minimum Gasteiger partial charge on any atom is -0.372 e. The Balaban J connectivity index is 1.31. The Hall–Kier alpha value is -3.03. The van der Waals surface area contributed by atoms with E-state index >= 15 is 0 Å². The van der Waals surface area contributed by atoms with E-state index in [4.69, 9.17) is 9.72 Å². The van der Waals surface area contributed by atoms with E-state index in [0.29, 0.717) is 6.04 Å². The highest BCUT2D eigenvalue weighted by atomic mass is 16.5. The van der Waals surface area contributed by atoms with Crippen molar-refractivity contribution >= 4 is 22.5 Å². The van der Waals surface area contributed by atoms with Gasteiger partial charge in [-0.2, -0.15) is 0 Å². The van der Waals surface area contributed by atoms with Gasteiger partial charge in [-0.15, -0.1) is 0 Å². The third-order valence-electron chi connectivity index (χ3n) is 6.92. The normalized spacial score (nSPS) is 24.9. The Labute approximate surface area is 207 Å². The Morgan fingerprint density at radius 1 is 1.09 bits per heavy atom. The van der Waals surface area contributed by atoms with Gasteiger partial charge in [-0.1, -0.05) is 18.2 Å². The molecular formula is C28H35N5O2. The molecule has 2 aliphatic rings. The number of carbonyl (C=O) groups is 1. The average molecular weight is 474 g/mol. The predicted octanol–water partition coefficient (Wildman–Crippen LogP) is 3.71. The highest BCUT2D eigenvalue weighted by Crippen LogP contribution is 2.26. The number of pyridine rings is 2. The van der Waals surface area contributed by atoms with E-state index in [0.717, 1.165) is 66.0 Å². The monoisotopic (exact) mass is 473 g/mol. The highest BCUT2D eigenvalue weighted by molar-refractivity contribution is 5.87. The lowest BCUT2D eigenvalue weighted by molar-refractivity contribution is -0.121. The molecule has 1 aromatic carbocycles. The van der Waals surface area contributed by atoms with Gasteiger partial charge < -0.3 is 20.3 Å². The van der Waals surface area contributed by atoms with Crippen LogP contribution in [0.25, 0.3) is 22.0 Å². The van der Waals surface area contributed by atoms with Crippen LogP contribution in [0.5, 0.6) is 0 Å². The zero-order chi connectivity index (χ0) is 24.4. The molecule has 0 spiro atoms. The summed E-state index contributed by atoms with van der Waals surface area (Å²) in [6.07, 6.45) is 4.61. The summed E-state index contributed by atoms with van der Waals surface area (Å²) < 4.78 is 5.88. The smallest absolute Gasteiger partial charge is 0.226 e. The van der Waals surface area contributed by atoms with Gasteiger partial charge in [-0.25, -0.2) is 4.98 Å². The second-order valence-corrected chi connectivity index (χ2v) is 10.1. The second-order valence-electron chi connectivity index (χ2n) is 10.1. The second kappa shape index (κ2) is 10.3. The van der Waals surface area contributed by atoms with Crippen LogP contribution in [0.3, 0.4) is 0 Å². The molecule has 1 amide bonds. The first-order chi connectivity index (χ1) is 16.9. The molecule has 5 rings (SSSR count). The Bertz CT molecular complexity index is 1180. The van der Waals surface area contributed by atoms with Crippen LogP contribution in [0.15, 0.2) is 48.7 Å². The number of fused-ring (bicyclic) bond motifs is 1. The van der Waals surface area contributed by atoms with Crippen LogP contribution in [0.1, 0.15) is 39.3 Å². The first-order valence-electron chi connectivity index (χ1n) is 12.7. The maximum Gasteiger partial charge on any atom is 0.226 e. The molecule has 184 valence electrons. The fraction of sp³-hybridized carbons (Fsp3) is 0.464. The lowest BCUT2D eigenvalue weighted by Gasteiger charge is -2.36. The first kappa shape index (κ1) is 23.7. The molecule has 0 aliphatic carbocycles. The van der Waals surface area contributed by atoms with E-state index in [9.17, 15) is 4.79 Å². The zero-order valence-electron chi connectivity index (χ0n) is 20.8. The van der Waals surface area contributed by atoms with E-state index in [1.807, 2.05) is 18.3 Å². The van der Waals surface area contributed by atoms with Crippen molar-refractivity contribution in [1.82, 2.24) is 20.6 Å². The summed E-state index contributed by atoms with van der Waals surface area (Å²) in [5.41, 5.74) is 2.77. The molecular weight excluding hydrogens is 438 g/mol. The first-order valence-corrected chi connectivity index (χ1v) is 12.7. The van der Waals surface area contributed by atoms with Crippen molar-refractivity contribution in [3.63, 3.8) is 0 Å². The third-order valence-corrected chi connectivity index (χ3v) is 6.92. The van der Waals surface area contributed by atoms with Gasteiger partial charge >= 0.3 is 0 Å². The number of anilines is 1. The summed E-state index contributed by atoms with van der Waals surface area (Å²) in [6, 6.07) is 15.2. The van der Waals surface area contributed by atoms with Crippen molar-refractivity contribution < 1.29 is 9.53 Å². The van der Waals surface area contributed by atoms with Gasteiger partial charge in [0.2, 0.25) is 5.91 Å². The molecule has 2 aromatic heterocycles. The fourth-order valence-corrected chi connectivity index (χ4v) is 5.13. The Morgan fingerprint density at radius 3 is 2.69 bits per heavy atom. The minimum atomic E-state index is 0.0256. The number of hydrogen-bond acceptors (Lipinski definition) is 6. The summed E-state index contributed by atoms with van der Waals surface area (Å²) in [6.45, 7) is 8.90.